The van der Waals surface area contributed by atoms with Gasteiger partial charge in [-0.2, -0.15) is 0 Å². The predicted octanol–water partition coefficient (Wildman–Crippen LogP) is 1.95. The maximum atomic E-state index is 10.8. The number of aromatic carboxylic acids is 1. The van der Waals surface area contributed by atoms with Crippen LogP contribution in [-0.2, 0) is 0 Å². The van der Waals surface area contributed by atoms with Gasteiger partial charge in [0.1, 0.15) is 5.69 Å². The minimum atomic E-state index is -0.894. The molecule has 2 aromatic heterocycles. The fraction of sp³-hybridized carbons (Fsp3) is 0.100. The van der Waals surface area contributed by atoms with Crippen LogP contribution in [0.1, 0.15) is 16.1 Å². The molecule has 0 saturated carbocycles. The largest absolute Gasteiger partial charge is 0.477 e. The van der Waals surface area contributed by atoms with Crippen molar-refractivity contribution in [3.63, 3.8) is 0 Å². The molecule has 66 valence electrons. The summed E-state index contributed by atoms with van der Waals surface area (Å²) in [4.78, 5) is 10.8. The van der Waals surface area contributed by atoms with Gasteiger partial charge >= 0.3 is 5.97 Å². The van der Waals surface area contributed by atoms with E-state index in [4.69, 9.17) is 5.11 Å². The average molecular weight is 175 g/mol. The summed E-state index contributed by atoms with van der Waals surface area (Å²) in [6.45, 7) is 1.90. The monoisotopic (exact) mass is 175 g/mol. The van der Waals surface area contributed by atoms with Crippen LogP contribution in [0.5, 0.6) is 0 Å². The molecule has 0 aliphatic rings. The zero-order valence-corrected chi connectivity index (χ0v) is 7.19. The smallest absolute Gasteiger partial charge is 0.352 e. The molecule has 0 bridgehead atoms. The summed E-state index contributed by atoms with van der Waals surface area (Å²) < 4.78 is 1.68. The van der Waals surface area contributed by atoms with Gasteiger partial charge in [0.15, 0.2) is 0 Å². The number of nitrogens with zero attached hydrogens (tertiary/aromatic N) is 1. The summed E-state index contributed by atoms with van der Waals surface area (Å²) in [5, 5.41) is 8.88. The van der Waals surface area contributed by atoms with Gasteiger partial charge in [0, 0.05) is 11.7 Å². The van der Waals surface area contributed by atoms with Crippen LogP contribution in [0.15, 0.2) is 30.5 Å². The number of carboxylic acid groups (broad SMARTS) is 1. The molecule has 0 spiro atoms. The van der Waals surface area contributed by atoms with E-state index in [1.165, 1.54) is 0 Å². The minimum absolute atomic E-state index is 0.313. The number of aryl methyl sites for hydroxylation is 1. The SMILES string of the molecule is Cc1cc(C(=O)O)n2ccccc12. The van der Waals surface area contributed by atoms with Crippen LogP contribution in [0.3, 0.4) is 0 Å². The first kappa shape index (κ1) is 7.86. The molecule has 0 amide bonds. The van der Waals surface area contributed by atoms with Crippen molar-refractivity contribution in [1.29, 1.82) is 0 Å². The zero-order chi connectivity index (χ0) is 9.42. The third-order valence-corrected chi connectivity index (χ3v) is 2.10. The summed E-state index contributed by atoms with van der Waals surface area (Å²) in [5.74, 6) is -0.894. The topological polar surface area (TPSA) is 41.7 Å². The van der Waals surface area contributed by atoms with Gasteiger partial charge in [-0.1, -0.05) is 6.07 Å². The van der Waals surface area contributed by atoms with E-state index in [9.17, 15) is 4.79 Å². The van der Waals surface area contributed by atoms with Gasteiger partial charge in [-0.05, 0) is 30.7 Å². The molecule has 3 heteroatoms. The van der Waals surface area contributed by atoms with Gasteiger partial charge < -0.3 is 9.51 Å². The highest BCUT2D eigenvalue weighted by Gasteiger charge is 2.10. The lowest BCUT2D eigenvalue weighted by Crippen LogP contribution is -2.00. The Hall–Kier alpha value is -1.77. The third-order valence-electron chi connectivity index (χ3n) is 2.10. The van der Waals surface area contributed by atoms with Crippen molar-refractivity contribution < 1.29 is 9.90 Å². The van der Waals surface area contributed by atoms with Crippen molar-refractivity contribution in [2.45, 2.75) is 6.92 Å². The second-order valence-corrected chi connectivity index (χ2v) is 2.97. The fourth-order valence-electron chi connectivity index (χ4n) is 1.49. The quantitative estimate of drug-likeness (QED) is 0.719. The van der Waals surface area contributed by atoms with Crippen molar-refractivity contribution in [2.75, 3.05) is 0 Å². The van der Waals surface area contributed by atoms with Gasteiger partial charge in [-0.25, -0.2) is 4.79 Å². The number of pyridine rings is 1. The maximum Gasteiger partial charge on any atom is 0.352 e. The molecular formula is C10H9NO2. The highest BCUT2D eigenvalue weighted by atomic mass is 16.4. The Labute approximate surface area is 75.2 Å². The highest BCUT2D eigenvalue weighted by Crippen LogP contribution is 2.15. The summed E-state index contributed by atoms with van der Waals surface area (Å²) in [6, 6.07) is 7.30. The lowest BCUT2D eigenvalue weighted by Gasteiger charge is -1.96. The standard InChI is InChI=1S/C10H9NO2/c1-7-6-9(10(12)13)11-5-3-2-4-8(7)11/h2-6H,1H3,(H,12,13). The van der Waals surface area contributed by atoms with E-state index < -0.39 is 5.97 Å². The van der Waals surface area contributed by atoms with Crippen molar-refractivity contribution in [3.8, 4) is 0 Å². The van der Waals surface area contributed by atoms with E-state index in [1.54, 1.807) is 16.7 Å². The van der Waals surface area contributed by atoms with Crippen LogP contribution in [0, 0.1) is 6.92 Å². The molecule has 0 saturated heterocycles. The summed E-state index contributed by atoms with van der Waals surface area (Å²) in [7, 11) is 0. The number of hydrogen-bond donors (Lipinski definition) is 1. The first-order valence-corrected chi connectivity index (χ1v) is 4.00. The average Bonchev–Trinajstić information content (AvgIpc) is 2.45. The summed E-state index contributed by atoms with van der Waals surface area (Å²) in [5.41, 5.74) is 2.24. The molecule has 0 unspecified atom stereocenters. The first-order chi connectivity index (χ1) is 6.20. The Morgan fingerprint density at radius 1 is 1.46 bits per heavy atom. The molecule has 2 rings (SSSR count). The summed E-state index contributed by atoms with van der Waals surface area (Å²) >= 11 is 0. The number of carboxylic acids is 1. The number of aromatic nitrogens is 1. The molecule has 0 fully saturated rings. The van der Waals surface area contributed by atoms with E-state index in [0.29, 0.717) is 5.69 Å². The second kappa shape index (κ2) is 2.62. The molecule has 1 N–H and O–H groups in total. The predicted molar refractivity (Wildman–Crippen MR) is 49.1 cm³/mol. The molecule has 3 nitrogen and oxygen atoms in total. The van der Waals surface area contributed by atoms with Crippen molar-refractivity contribution in [3.05, 3.63) is 41.7 Å². The Kier molecular flexibility index (Phi) is 1.59. The van der Waals surface area contributed by atoms with Crippen LogP contribution in [0.4, 0.5) is 0 Å². The second-order valence-electron chi connectivity index (χ2n) is 2.97. The molecule has 0 aliphatic carbocycles. The van der Waals surface area contributed by atoms with Crippen LogP contribution >= 0.6 is 0 Å². The highest BCUT2D eigenvalue weighted by molar-refractivity contribution is 5.88. The number of rotatable bonds is 1. The molecule has 0 atom stereocenters. The molecular weight excluding hydrogens is 166 g/mol. The Balaban J connectivity index is 2.85. The number of hydrogen-bond acceptors (Lipinski definition) is 1. The van der Waals surface area contributed by atoms with Gasteiger partial charge in [-0.3, -0.25) is 0 Å². The summed E-state index contributed by atoms with van der Waals surface area (Å²) in [6.07, 6.45) is 1.76. The van der Waals surface area contributed by atoms with E-state index in [-0.39, 0.29) is 0 Å². The molecule has 2 aromatic rings. The Morgan fingerprint density at radius 2 is 2.23 bits per heavy atom. The Morgan fingerprint density at radius 3 is 2.92 bits per heavy atom. The molecule has 0 aliphatic heterocycles. The van der Waals surface area contributed by atoms with E-state index >= 15 is 0 Å². The zero-order valence-electron chi connectivity index (χ0n) is 7.19. The minimum Gasteiger partial charge on any atom is -0.477 e. The van der Waals surface area contributed by atoms with Gasteiger partial charge in [0.25, 0.3) is 0 Å². The van der Waals surface area contributed by atoms with Gasteiger partial charge in [-0.15, -0.1) is 0 Å². The number of carbonyl (C=O) groups is 1. The number of fused-ring (bicyclic) bond motifs is 1. The molecule has 0 aromatic carbocycles. The lowest BCUT2D eigenvalue weighted by molar-refractivity contribution is 0.0689. The van der Waals surface area contributed by atoms with Crippen molar-refractivity contribution in [1.82, 2.24) is 4.40 Å². The lowest BCUT2D eigenvalue weighted by atomic mass is 10.3. The normalized spacial score (nSPS) is 10.5. The van der Waals surface area contributed by atoms with Gasteiger partial charge in [0.05, 0.1) is 0 Å². The first-order valence-electron chi connectivity index (χ1n) is 4.00. The Bertz CT molecular complexity index is 471. The van der Waals surface area contributed by atoms with Crippen molar-refractivity contribution in [2.24, 2.45) is 0 Å². The molecule has 13 heavy (non-hydrogen) atoms. The van der Waals surface area contributed by atoms with Crippen LogP contribution in [-0.4, -0.2) is 15.5 Å². The van der Waals surface area contributed by atoms with Crippen LogP contribution in [0.25, 0.3) is 5.52 Å². The van der Waals surface area contributed by atoms with Crippen molar-refractivity contribution >= 4 is 11.5 Å². The molecule has 2 heterocycles. The maximum absolute atomic E-state index is 10.8. The van der Waals surface area contributed by atoms with E-state index in [1.807, 2.05) is 25.1 Å². The van der Waals surface area contributed by atoms with E-state index in [0.717, 1.165) is 11.1 Å². The molecule has 0 radical (unpaired) electrons. The van der Waals surface area contributed by atoms with Crippen LogP contribution < -0.4 is 0 Å². The van der Waals surface area contributed by atoms with E-state index in [2.05, 4.69) is 0 Å². The fourth-order valence-corrected chi connectivity index (χ4v) is 1.49. The third kappa shape index (κ3) is 1.09. The van der Waals surface area contributed by atoms with Gasteiger partial charge in [0.2, 0.25) is 0 Å². The van der Waals surface area contributed by atoms with Crippen LogP contribution in [0.2, 0.25) is 0 Å².